The number of hydrogen-bond acceptors (Lipinski definition) is 3. The summed E-state index contributed by atoms with van der Waals surface area (Å²) in [6.45, 7) is 10.7. The fraction of sp³-hybridized carbons (Fsp3) is 0.167. The summed E-state index contributed by atoms with van der Waals surface area (Å²) in [5.41, 5.74) is 5.49. The van der Waals surface area contributed by atoms with Gasteiger partial charge in [-0.3, -0.25) is 4.79 Å². The first-order valence-electron chi connectivity index (χ1n) is 12.1. The largest absolute Gasteiger partial charge is 0.368 e. The van der Waals surface area contributed by atoms with Crippen LogP contribution in [0.15, 0.2) is 85.5 Å². The van der Waals surface area contributed by atoms with Gasteiger partial charge in [0.1, 0.15) is 0 Å². The van der Waals surface area contributed by atoms with Gasteiger partial charge in [-0.25, -0.2) is 9.83 Å². The number of carbonyl (C=O) groups is 1. The Bertz CT molecular complexity index is 1450. The third kappa shape index (κ3) is 6.08. The maximum absolute atomic E-state index is 12.9. The molecule has 1 amide bonds. The average Bonchev–Trinajstić information content (AvgIpc) is 3.45. The lowest BCUT2D eigenvalue weighted by Gasteiger charge is -2.36. The van der Waals surface area contributed by atoms with E-state index in [4.69, 9.17) is 18.2 Å². The van der Waals surface area contributed by atoms with Crippen LogP contribution in [-0.2, 0) is 6.54 Å². The highest BCUT2D eigenvalue weighted by atomic mass is 35.5. The summed E-state index contributed by atoms with van der Waals surface area (Å²) in [5, 5.41) is 0.712. The second-order valence-electron chi connectivity index (χ2n) is 8.99. The Kier molecular flexibility index (Phi) is 7.34. The molecule has 3 aromatic carbocycles. The zero-order valence-electron chi connectivity index (χ0n) is 20.3. The van der Waals surface area contributed by atoms with Crippen LogP contribution in [0.4, 0.5) is 11.4 Å². The van der Waals surface area contributed by atoms with Crippen LogP contribution in [-0.4, -0.2) is 46.5 Å². The predicted molar refractivity (Wildman–Crippen MR) is 149 cm³/mol. The number of aromatic nitrogens is 2. The summed E-state index contributed by atoms with van der Waals surface area (Å²) in [4.78, 5) is 24.5. The van der Waals surface area contributed by atoms with E-state index in [1.54, 1.807) is 36.8 Å². The van der Waals surface area contributed by atoms with Gasteiger partial charge in [0.05, 0.1) is 12.9 Å². The minimum absolute atomic E-state index is 0.0140. The van der Waals surface area contributed by atoms with Crippen LogP contribution in [0.25, 0.3) is 17.0 Å². The summed E-state index contributed by atoms with van der Waals surface area (Å²) >= 11 is 6.36. The third-order valence-electron chi connectivity index (χ3n) is 6.42. The molecule has 0 unspecified atom stereocenters. The van der Waals surface area contributed by atoms with Crippen molar-refractivity contribution in [1.82, 2.24) is 14.5 Å². The van der Waals surface area contributed by atoms with E-state index >= 15 is 0 Å². The molecule has 0 N–H and O–H groups in total. The minimum atomic E-state index is -0.0140. The number of benzene rings is 3. The Morgan fingerprint density at radius 3 is 2.49 bits per heavy atom. The molecule has 1 aromatic heterocycles. The maximum atomic E-state index is 12.9. The fourth-order valence-electron chi connectivity index (χ4n) is 4.50. The Hall–Kier alpha value is -4.34. The Balaban J connectivity index is 1.19. The number of nitrogens with zero attached hydrogens (tertiary/aromatic N) is 5. The number of imidazole rings is 1. The van der Waals surface area contributed by atoms with Crippen LogP contribution < -0.4 is 4.90 Å². The molecule has 0 atom stereocenters. The Morgan fingerprint density at radius 2 is 1.76 bits per heavy atom. The van der Waals surface area contributed by atoms with Crippen molar-refractivity contribution in [2.75, 3.05) is 31.1 Å². The van der Waals surface area contributed by atoms with Crippen molar-refractivity contribution in [1.29, 1.82) is 0 Å². The van der Waals surface area contributed by atoms with Crippen molar-refractivity contribution >= 4 is 41.0 Å². The van der Waals surface area contributed by atoms with Crippen LogP contribution in [0.5, 0.6) is 0 Å². The van der Waals surface area contributed by atoms with Crippen molar-refractivity contribution < 1.29 is 4.79 Å². The number of anilines is 1. The van der Waals surface area contributed by atoms with Gasteiger partial charge in [-0.05, 0) is 53.1 Å². The first kappa shape index (κ1) is 24.4. The molecule has 0 spiro atoms. The first-order chi connectivity index (χ1) is 18.1. The smallest absolute Gasteiger partial charge is 0.252 e. The Morgan fingerprint density at radius 1 is 0.973 bits per heavy atom. The number of hydrogen-bond donors (Lipinski definition) is 0. The number of halogens is 1. The summed E-state index contributed by atoms with van der Waals surface area (Å²) in [6.07, 6.45) is 9.67. The van der Waals surface area contributed by atoms with E-state index in [1.807, 2.05) is 27.8 Å². The predicted octanol–water partition coefficient (Wildman–Crippen LogP) is 6.27. The van der Waals surface area contributed by atoms with Crippen LogP contribution in [0.3, 0.4) is 0 Å². The highest BCUT2D eigenvalue weighted by molar-refractivity contribution is 6.30. The topological polar surface area (TPSA) is 45.7 Å². The molecule has 1 aliphatic rings. The summed E-state index contributed by atoms with van der Waals surface area (Å²) < 4.78 is 2.01. The van der Waals surface area contributed by atoms with Crippen molar-refractivity contribution in [2.24, 2.45) is 0 Å². The van der Waals surface area contributed by atoms with E-state index in [9.17, 15) is 4.79 Å². The molecular weight excluding hydrogens is 482 g/mol. The van der Waals surface area contributed by atoms with Gasteiger partial charge in [-0.1, -0.05) is 54.1 Å². The van der Waals surface area contributed by atoms with Crippen LogP contribution >= 0.6 is 11.6 Å². The lowest BCUT2D eigenvalue weighted by Crippen LogP contribution is -2.48. The number of piperazine rings is 1. The minimum Gasteiger partial charge on any atom is -0.368 e. The van der Waals surface area contributed by atoms with Gasteiger partial charge in [-0.2, -0.15) is 0 Å². The lowest BCUT2D eigenvalue weighted by molar-refractivity contribution is 0.0747. The zero-order valence-corrected chi connectivity index (χ0v) is 21.1. The monoisotopic (exact) mass is 507 g/mol. The second-order valence-corrected chi connectivity index (χ2v) is 9.43. The van der Waals surface area contributed by atoms with Gasteiger partial charge in [0.15, 0.2) is 5.69 Å². The van der Waals surface area contributed by atoms with E-state index in [1.165, 1.54) is 0 Å². The summed E-state index contributed by atoms with van der Waals surface area (Å²) in [5.74, 6) is -0.0140. The van der Waals surface area contributed by atoms with Gasteiger partial charge in [-0.15, -0.1) is 0 Å². The van der Waals surface area contributed by atoms with Gasteiger partial charge < -0.3 is 14.4 Å². The normalized spacial score (nSPS) is 13.6. The molecule has 6 nitrogen and oxygen atoms in total. The van der Waals surface area contributed by atoms with Crippen molar-refractivity contribution in [3.8, 4) is 0 Å². The standard InChI is InChI=1S/C30H26ClN5O/c1-32-28-4-2-3-26(20-28)30(37)36-15-13-35(14-16-36)29-9-7-23(8-10-29)5-6-24-17-25(19-27(31)18-24)21-34-12-11-33-22-34/h2-12,17-20,22H,13-16,21H2/b6-5+. The zero-order chi connectivity index (χ0) is 25.6. The molecular formula is C30H26ClN5O. The molecule has 1 aliphatic heterocycles. The maximum Gasteiger partial charge on any atom is 0.252 e. The van der Waals surface area contributed by atoms with Gasteiger partial charge in [0, 0.05) is 61.4 Å². The van der Waals surface area contributed by atoms with Crippen molar-refractivity contribution in [3.05, 3.63) is 124 Å². The number of carbonyl (C=O) groups excluding carboxylic acids is 1. The van der Waals surface area contributed by atoms with E-state index in [0.717, 1.165) is 42.0 Å². The Labute approximate surface area is 221 Å². The van der Waals surface area contributed by atoms with Crippen LogP contribution in [0.2, 0.25) is 5.02 Å². The van der Waals surface area contributed by atoms with E-state index in [-0.39, 0.29) is 5.91 Å². The molecule has 184 valence electrons. The summed E-state index contributed by atoms with van der Waals surface area (Å²) in [6, 6.07) is 21.5. The lowest BCUT2D eigenvalue weighted by atomic mass is 10.1. The van der Waals surface area contributed by atoms with Gasteiger partial charge >= 0.3 is 0 Å². The summed E-state index contributed by atoms with van der Waals surface area (Å²) in [7, 11) is 0. The third-order valence-corrected chi connectivity index (χ3v) is 6.64. The van der Waals surface area contributed by atoms with Crippen molar-refractivity contribution in [2.45, 2.75) is 6.54 Å². The molecule has 5 rings (SSSR count). The van der Waals surface area contributed by atoms with E-state index in [0.29, 0.717) is 29.4 Å². The number of amides is 1. The van der Waals surface area contributed by atoms with Crippen molar-refractivity contribution in [3.63, 3.8) is 0 Å². The fourth-order valence-corrected chi connectivity index (χ4v) is 4.77. The van der Waals surface area contributed by atoms with Gasteiger partial charge in [0.25, 0.3) is 5.91 Å². The molecule has 1 saturated heterocycles. The van der Waals surface area contributed by atoms with E-state index < -0.39 is 0 Å². The quantitative estimate of drug-likeness (QED) is 0.228. The molecule has 4 aromatic rings. The van der Waals surface area contributed by atoms with Crippen LogP contribution in [0, 0.1) is 6.57 Å². The number of rotatable bonds is 6. The molecule has 7 heteroatoms. The molecule has 0 saturated carbocycles. The van der Waals surface area contributed by atoms with Crippen LogP contribution in [0.1, 0.15) is 27.0 Å². The highest BCUT2D eigenvalue weighted by Crippen LogP contribution is 2.22. The molecule has 37 heavy (non-hydrogen) atoms. The van der Waals surface area contributed by atoms with E-state index in [2.05, 4.69) is 57.2 Å². The van der Waals surface area contributed by atoms with Gasteiger partial charge in [0.2, 0.25) is 0 Å². The molecule has 0 aliphatic carbocycles. The first-order valence-corrected chi connectivity index (χ1v) is 12.5. The molecule has 1 fully saturated rings. The highest BCUT2D eigenvalue weighted by Gasteiger charge is 2.22. The molecule has 0 bridgehead atoms. The molecule has 2 heterocycles. The molecule has 0 radical (unpaired) electrons. The average molecular weight is 508 g/mol. The second kappa shape index (κ2) is 11.2. The SMILES string of the molecule is [C-]#[N+]c1cccc(C(=O)N2CCN(c3ccc(/C=C/c4cc(Cl)cc(Cn5ccnc5)c4)cc3)CC2)c1.